The molecule has 186 valence electrons. The van der Waals surface area contributed by atoms with Crippen LogP contribution in [0.3, 0.4) is 0 Å². The number of nitrogens with one attached hydrogen (secondary N) is 1. The average Bonchev–Trinajstić information content (AvgIpc) is 3.39. The summed E-state index contributed by atoms with van der Waals surface area (Å²) in [6, 6.07) is 18.5. The molecule has 0 saturated carbocycles. The van der Waals surface area contributed by atoms with Gasteiger partial charge in [0.05, 0.1) is 28.6 Å². The molecule has 0 bridgehead atoms. The van der Waals surface area contributed by atoms with E-state index in [9.17, 15) is 9.59 Å². The van der Waals surface area contributed by atoms with Gasteiger partial charge in [0.25, 0.3) is 5.91 Å². The number of imidazole rings is 1. The lowest BCUT2D eigenvalue weighted by Gasteiger charge is -2.14. The van der Waals surface area contributed by atoms with Crippen molar-refractivity contribution in [1.82, 2.24) is 14.9 Å². The van der Waals surface area contributed by atoms with E-state index in [-0.39, 0.29) is 11.5 Å². The molecule has 7 nitrogen and oxygen atoms in total. The van der Waals surface area contributed by atoms with E-state index in [1.165, 1.54) is 11.8 Å². The van der Waals surface area contributed by atoms with Crippen molar-refractivity contribution in [3.8, 4) is 16.9 Å². The zero-order valence-electron chi connectivity index (χ0n) is 20.1. The van der Waals surface area contributed by atoms with E-state index < -0.39 is 5.97 Å². The van der Waals surface area contributed by atoms with E-state index in [1.807, 2.05) is 49.4 Å². The van der Waals surface area contributed by atoms with Gasteiger partial charge in [-0.25, -0.2) is 9.78 Å². The number of ether oxygens (including phenoxy) is 1. The highest BCUT2D eigenvalue weighted by molar-refractivity contribution is 8.26. The molecule has 0 aliphatic carbocycles. The molecule has 2 heterocycles. The Balaban J connectivity index is 1.36. The molecular weight excluding hydrogens is 506 g/mol. The van der Waals surface area contributed by atoms with Crippen molar-refractivity contribution in [2.75, 3.05) is 13.7 Å². The number of thiocarbonyl (C=S) groups is 1. The first-order valence-electron chi connectivity index (χ1n) is 11.5. The summed E-state index contributed by atoms with van der Waals surface area (Å²) in [6.07, 6.45) is 2.42. The molecule has 1 fully saturated rings. The molecular formula is C28H23N3O4S2. The number of methoxy groups -OCH3 is 1. The largest absolute Gasteiger partial charge is 0.496 e. The normalized spacial score (nSPS) is 14.6. The first kappa shape index (κ1) is 24.7. The first-order chi connectivity index (χ1) is 17.8. The molecule has 2 N–H and O–H groups in total. The van der Waals surface area contributed by atoms with E-state index >= 15 is 0 Å². The highest BCUT2D eigenvalue weighted by Gasteiger charge is 2.31. The van der Waals surface area contributed by atoms with Gasteiger partial charge in [-0.15, -0.1) is 0 Å². The fraction of sp³-hybridized carbons (Fsp3) is 0.143. The van der Waals surface area contributed by atoms with E-state index in [0.717, 1.165) is 44.9 Å². The van der Waals surface area contributed by atoms with Crippen LogP contribution in [0.15, 0.2) is 65.6 Å². The SMILES string of the molecule is COc1ccc(C=C2SC(=S)N(CCc3ccc(C(=O)O)cc3)C2=O)cc1-c1ccc2nc(C)[nH]c2c1. The summed E-state index contributed by atoms with van der Waals surface area (Å²) >= 11 is 6.77. The Labute approximate surface area is 223 Å². The predicted octanol–water partition coefficient (Wildman–Crippen LogP) is 5.69. The molecule has 1 aliphatic heterocycles. The number of hydrogen-bond acceptors (Lipinski definition) is 6. The van der Waals surface area contributed by atoms with E-state index in [0.29, 0.717) is 22.2 Å². The van der Waals surface area contributed by atoms with Crippen LogP contribution in [-0.4, -0.2) is 49.8 Å². The third-order valence-corrected chi connectivity index (χ3v) is 7.51. The minimum Gasteiger partial charge on any atom is -0.496 e. The number of fused-ring (bicyclic) bond motifs is 1. The lowest BCUT2D eigenvalue weighted by Crippen LogP contribution is -2.30. The van der Waals surface area contributed by atoms with Crippen LogP contribution in [-0.2, 0) is 11.2 Å². The number of H-pyrrole nitrogens is 1. The molecule has 0 unspecified atom stereocenters. The Bertz CT molecular complexity index is 1570. The summed E-state index contributed by atoms with van der Waals surface area (Å²) in [5, 5.41) is 9.06. The quantitative estimate of drug-likeness (QED) is 0.235. The standard InChI is InChI=1S/C28H23N3O4S2/c1-16-29-22-9-8-20(15-23(22)30-16)21-13-18(5-10-24(21)35-2)14-25-26(32)31(28(36)37-25)12-11-17-3-6-19(7-4-17)27(33)34/h3-10,13-15H,11-12H2,1-2H3,(H,29,30)(H,33,34). The smallest absolute Gasteiger partial charge is 0.335 e. The second-order valence-electron chi connectivity index (χ2n) is 8.60. The Hall–Kier alpha value is -3.95. The Kier molecular flexibility index (Phi) is 6.82. The number of aromatic nitrogens is 2. The number of aromatic carboxylic acids is 1. The van der Waals surface area contributed by atoms with Gasteiger partial charge in [0, 0.05) is 12.1 Å². The van der Waals surface area contributed by atoms with Gasteiger partial charge in [0.2, 0.25) is 0 Å². The number of thioether (sulfide) groups is 1. The van der Waals surface area contributed by atoms with Crippen LogP contribution in [0.25, 0.3) is 28.2 Å². The number of benzene rings is 3. The molecule has 5 rings (SSSR count). The summed E-state index contributed by atoms with van der Waals surface area (Å²) in [5.74, 6) is 0.484. The van der Waals surface area contributed by atoms with Crippen LogP contribution in [0.4, 0.5) is 0 Å². The topological polar surface area (TPSA) is 95.5 Å². The minimum atomic E-state index is -0.965. The summed E-state index contributed by atoms with van der Waals surface area (Å²) in [4.78, 5) is 34.1. The van der Waals surface area contributed by atoms with Gasteiger partial charge in [-0.05, 0) is 72.5 Å². The number of rotatable bonds is 7. The predicted molar refractivity (Wildman–Crippen MR) is 150 cm³/mol. The van der Waals surface area contributed by atoms with Gasteiger partial charge < -0.3 is 14.8 Å². The maximum absolute atomic E-state index is 13.1. The van der Waals surface area contributed by atoms with Crippen molar-refractivity contribution < 1.29 is 19.4 Å². The third-order valence-electron chi connectivity index (χ3n) is 6.13. The molecule has 1 amide bonds. The molecule has 1 saturated heterocycles. The third kappa shape index (κ3) is 5.14. The average molecular weight is 530 g/mol. The van der Waals surface area contributed by atoms with Gasteiger partial charge in [-0.2, -0.15) is 0 Å². The molecule has 37 heavy (non-hydrogen) atoms. The molecule has 0 spiro atoms. The highest BCUT2D eigenvalue weighted by Crippen LogP contribution is 2.36. The molecule has 3 aromatic carbocycles. The molecule has 1 aromatic heterocycles. The second kappa shape index (κ2) is 10.2. The fourth-order valence-electron chi connectivity index (χ4n) is 4.24. The van der Waals surface area contributed by atoms with E-state index in [4.69, 9.17) is 22.1 Å². The molecule has 0 radical (unpaired) electrons. The summed E-state index contributed by atoms with van der Waals surface area (Å²) in [6.45, 7) is 2.35. The molecule has 9 heteroatoms. The van der Waals surface area contributed by atoms with Crippen LogP contribution in [0.2, 0.25) is 0 Å². The van der Waals surface area contributed by atoms with E-state index in [2.05, 4.69) is 9.97 Å². The summed E-state index contributed by atoms with van der Waals surface area (Å²) in [7, 11) is 1.64. The number of carboxylic acids is 1. The van der Waals surface area contributed by atoms with Crippen molar-refractivity contribution in [2.45, 2.75) is 13.3 Å². The van der Waals surface area contributed by atoms with Gasteiger partial charge in [0.1, 0.15) is 15.9 Å². The van der Waals surface area contributed by atoms with Gasteiger partial charge in [0.15, 0.2) is 0 Å². The molecule has 0 atom stereocenters. The summed E-state index contributed by atoms with van der Waals surface area (Å²) in [5.41, 5.74) is 5.76. The van der Waals surface area contributed by atoms with Gasteiger partial charge >= 0.3 is 5.97 Å². The maximum Gasteiger partial charge on any atom is 0.335 e. The van der Waals surface area contributed by atoms with Crippen molar-refractivity contribution >= 4 is 57.3 Å². The number of carboxylic acid groups (broad SMARTS) is 1. The first-order valence-corrected chi connectivity index (χ1v) is 12.8. The maximum atomic E-state index is 13.1. The van der Waals surface area contributed by atoms with Crippen molar-refractivity contribution in [2.24, 2.45) is 0 Å². The van der Waals surface area contributed by atoms with Gasteiger partial charge in [-0.3, -0.25) is 9.69 Å². The Morgan fingerprint density at radius 2 is 1.95 bits per heavy atom. The van der Waals surface area contributed by atoms with Crippen molar-refractivity contribution in [3.05, 3.63) is 88.1 Å². The number of aromatic amines is 1. The number of aryl methyl sites for hydroxylation is 1. The Morgan fingerprint density at radius 3 is 2.68 bits per heavy atom. The highest BCUT2D eigenvalue weighted by atomic mass is 32.2. The number of nitrogens with zero attached hydrogens (tertiary/aromatic N) is 2. The zero-order valence-corrected chi connectivity index (χ0v) is 21.8. The lowest BCUT2D eigenvalue weighted by molar-refractivity contribution is -0.122. The van der Waals surface area contributed by atoms with Crippen LogP contribution < -0.4 is 4.74 Å². The number of carbonyl (C=O) groups is 2. The molecule has 1 aliphatic rings. The van der Waals surface area contributed by atoms with Crippen LogP contribution in [0.1, 0.15) is 27.3 Å². The Morgan fingerprint density at radius 1 is 1.16 bits per heavy atom. The number of hydrogen-bond donors (Lipinski definition) is 2. The zero-order chi connectivity index (χ0) is 26.1. The molecule has 4 aromatic rings. The van der Waals surface area contributed by atoms with Crippen LogP contribution in [0, 0.1) is 6.92 Å². The number of amides is 1. The monoisotopic (exact) mass is 529 g/mol. The van der Waals surface area contributed by atoms with Gasteiger partial charge in [-0.1, -0.05) is 48.2 Å². The van der Waals surface area contributed by atoms with E-state index in [1.54, 1.807) is 36.3 Å². The van der Waals surface area contributed by atoms with Crippen molar-refractivity contribution in [1.29, 1.82) is 0 Å². The van der Waals surface area contributed by atoms with Crippen molar-refractivity contribution in [3.63, 3.8) is 0 Å². The van der Waals surface area contributed by atoms with Crippen LogP contribution >= 0.6 is 24.0 Å². The summed E-state index contributed by atoms with van der Waals surface area (Å²) < 4.78 is 6.12. The lowest BCUT2D eigenvalue weighted by atomic mass is 10.0. The number of carbonyl (C=O) groups excluding carboxylic acids is 1. The second-order valence-corrected chi connectivity index (χ2v) is 10.3. The van der Waals surface area contributed by atoms with Crippen LogP contribution in [0.5, 0.6) is 5.75 Å². The minimum absolute atomic E-state index is 0.135. The fourth-order valence-corrected chi connectivity index (χ4v) is 5.55.